The van der Waals surface area contributed by atoms with Gasteiger partial charge in [0.1, 0.15) is 5.56 Å². The van der Waals surface area contributed by atoms with E-state index in [4.69, 9.17) is 0 Å². The average Bonchev–Trinajstić information content (AvgIpc) is 3.16. The molecule has 0 aliphatic heterocycles. The molecule has 2 N–H and O–H groups in total. The van der Waals surface area contributed by atoms with Gasteiger partial charge in [-0.15, -0.1) is 0 Å². The van der Waals surface area contributed by atoms with Crippen LogP contribution in [-0.2, 0) is 0 Å². The van der Waals surface area contributed by atoms with Crippen LogP contribution < -0.4 is 5.32 Å². The first-order valence-corrected chi connectivity index (χ1v) is 7.85. The Kier molecular flexibility index (Phi) is 2.81. The molecule has 0 spiro atoms. The molecule has 2 fully saturated rings. The van der Waals surface area contributed by atoms with Crippen LogP contribution >= 0.6 is 0 Å². The molecule has 0 saturated heterocycles. The SMILES string of the molecule is Cc1ccn2ncc(C(=O)NCC3(C4(O)CCC4)CC3)c2n1. The number of carbonyl (C=O) groups excluding carboxylic acids is 1. The topological polar surface area (TPSA) is 79.5 Å². The molecule has 2 aliphatic rings. The quantitative estimate of drug-likeness (QED) is 0.896. The second-order valence-corrected chi connectivity index (χ2v) is 6.74. The van der Waals surface area contributed by atoms with Gasteiger partial charge in [0.2, 0.25) is 0 Å². The summed E-state index contributed by atoms with van der Waals surface area (Å²) in [5.41, 5.74) is 1.25. The molecular weight excluding hydrogens is 280 g/mol. The van der Waals surface area contributed by atoms with Crippen molar-refractivity contribution in [1.29, 1.82) is 0 Å². The molecule has 0 aromatic carbocycles. The van der Waals surface area contributed by atoms with Crippen molar-refractivity contribution in [1.82, 2.24) is 19.9 Å². The highest BCUT2D eigenvalue weighted by molar-refractivity contribution is 5.99. The van der Waals surface area contributed by atoms with Gasteiger partial charge in [0, 0.05) is 23.9 Å². The maximum Gasteiger partial charge on any atom is 0.256 e. The molecule has 0 radical (unpaired) electrons. The minimum absolute atomic E-state index is 0.104. The maximum atomic E-state index is 12.5. The first-order chi connectivity index (χ1) is 10.5. The summed E-state index contributed by atoms with van der Waals surface area (Å²) in [6.07, 6.45) is 8.15. The first kappa shape index (κ1) is 13.7. The highest BCUT2D eigenvalue weighted by atomic mass is 16.3. The smallest absolute Gasteiger partial charge is 0.256 e. The van der Waals surface area contributed by atoms with Gasteiger partial charge in [-0.05, 0) is 45.1 Å². The van der Waals surface area contributed by atoms with Gasteiger partial charge in [0.05, 0.1) is 11.8 Å². The largest absolute Gasteiger partial charge is 0.389 e. The standard InChI is InChI=1S/C16H20N4O2/c1-11-3-8-20-13(19-11)12(9-18-20)14(21)17-10-15(6-7-15)16(22)4-2-5-16/h3,8-9,22H,2,4-7,10H2,1H3,(H,17,21). The Morgan fingerprint density at radius 1 is 1.41 bits per heavy atom. The van der Waals surface area contributed by atoms with Crippen LogP contribution in [0.4, 0.5) is 0 Å². The lowest BCUT2D eigenvalue weighted by atomic mass is 9.69. The van der Waals surface area contributed by atoms with Crippen LogP contribution in [0.5, 0.6) is 0 Å². The molecule has 2 aromatic heterocycles. The van der Waals surface area contributed by atoms with Gasteiger partial charge in [-0.1, -0.05) is 0 Å². The first-order valence-electron chi connectivity index (χ1n) is 7.85. The molecule has 1 amide bonds. The van der Waals surface area contributed by atoms with Crippen LogP contribution in [0.15, 0.2) is 18.5 Å². The van der Waals surface area contributed by atoms with Crippen molar-refractivity contribution in [3.63, 3.8) is 0 Å². The average molecular weight is 300 g/mol. The van der Waals surface area contributed by atoms with E-state index in [1.165, 1.54) is 0 Å². The summed E-state index contributed by atoms with van der Waals surface area (Å²) in [6, 6.07) is 1.85. The van der Waals surface area contributed by atoms with Gasteiger partial charge >= 0.3 is 0 Å². The van der Waals surface area contributed by atoms with E-state index < -0.39 is 5.60 Å². The molecule has 2 aliphatic carbocycles. The zero-order valence-electron chi connectivity index (χ0n) is 12.7. The van der Waals surface area contributed by atoms with Gasteiger partial charge in [0.15, 0.2) is 5.65 Å². The van der Waals surface area contributed by atoms with Gasteiger partial charge < -0.3 is 10.4 Å². The van der Waals surface area contributed by atoms with E-state index in [1.54, 1.807) is 16.9 Å². The molecule has 6 nitrogen and oxygen atoms in total. The highest BCUT2D eigenvalue weighted by Crippen LogP contribution is 2.60. The summed E-state index contributed by atoms with van der Waals surface area (Å²) in [6.45, 7) is 2.42. The number of nitrogens with one attached hydrogen (secondary N) is 1. The van der Waals surface area contributed by atoms with E-state index >= 15 is 0 Å². The zero-order valence-corrected chi connectivity index (χ0v) is 12.7. The highest BCUT2D eigenvalue weighted by Gasteiger charge is 2.60. The van der Waals surface area contributed by atoms with Crippen molar-refractivity contribution >= 4 is 11.6 Å². The molecule has 2 aromatic rings. The second-order valence-electron chi connectivity index (χ2n) is 6.74. The van der Waals surface area contributed by atoms with Crippen molar-refractivity contribution in [2.45, 2.75) is 44.6 Å². The number of hydrogen-bond donors (Lipinski definition) is 2. The van der Waals surface area contributed by atoms with Crippen molar-refractivity contribution in [3.8, 4) is 0 Å². The number of aryl methyl sites for hydroxylation is 1. The van der Waals surface area contributed by atoms with Gasteiger partial charge in [0.25, 0.3) is 5.91 Å². The lowest BCUT2D eigenvalue weighted by Crippen LogP contribution is -2.50. The molecule has 2 heterocycles. The Balaban J connectivity index is 1.51. The van der Waals surface area contributed by atoms with Crippen molar-refractivity contribution < 1.29 is 9.90 Å². The van der Waals surface area contributed by atoms with Crippen LogP contribution in [0.3, 0.4) is 0 Å². The number of fused-ring (bicyclic) bond motifs is 1. The third-order valence-corrected chi connectivity index (χ3v) is 5.36. The predicted octanol–water partition coefficient (Wildman–Crippen LogP) is 1.46. The van der Waals surface area contributed by atoms with E-state index in [0.29, 0.717) is 17.8 Å². The molecule has 0 atom stereocenters. The zero-order chi connectivity index (χ0) is 15.4. The molecule has 22 heavy (non-hydrogen) atoms. The van der Waals surface area contributed by atoms with Crippen molar-refractivity contribution in [2.75, 3.05) is 6.54 Å². The Bertz CT molecular complexity index is 744. The van der Waals surface area contributed by atoms with E-state index in [9.17, 15) is 9.90 Å². The van der Waals surface area contributed by atoms with Crippen LogP contribution in [0, 0.1) is 12.3 Å². The summed E-state index contributed by atoms with van der Waals surface area (Å²) in [7, 11) is 0. The third-order valence-electron chi connectivity index (χ3n) is 5.36. The number of aromatic nitrogens is 3. The van der Waals surface area contributed by atoms with Crippen molar-refractivity contribution in [3.05, 3.63) is 29.7 Å². The van der Waals surface area contributed by atoms with Gasteiger partial charge in [-0.2, -0.15) is 5.10 Å². The fourth-order valence-electron chi connectivity index (χ4n) is 3.46. The summed E-state index contributed by atoms with van der Waals surface area (Å²) < 4.78 is 1.61. The summed E-state index contributed by atoms with van der Waals surface area (Å²) in [5.74, 6) is -0.165. The number of amides is 1. The summed E-state index contributed by atoms with van der Waals surface area (Å²) in [5, 5.41) is 17.7. The van der Waals surface area contributed by atoms with Crippen molar-refractivity contribution in [2.24, 2.45) is 5.41 Å². The normalized spacial score (nSPS) is 21.4. The molecular formula is C16H20N4O2. The minimum Gasteiger partial charge on any atom is -0.389 e. The van der Waals surface area contributed by atoms with Crippen LogP contribution in [0.2, 0.25) is 0 Å². The Morgan fingerprint density at radius 2 is 2.18 bits per heavy atom. The van der Waals surface area contributed by atoms with E-state index in [-0.39, 0.29) is 11.3 Å². The lowest BCUT2D eigenvalue weighted by molar-refractivity contribution is -0.0947. The molecule has 4 rings (SSSR count). The molecule has 116 valence electrons. The second kappa shape index (κ2) is 4.52. The Hall–Kier alpha value is -1.95. The number of carbonyl (C=O) groups is 1. The van der Waals surface area contributed by atoms with E-state index in [0.717, 1.165) is 37.8 Å². The molecule has 0 unspecified atom stereocenters. The maximum absolute atomic E-state index is 12.5. The minimum atomic E-state index is -0.559. The van der Waals surface area contributed by atoms with E-state index in [1.807, 2.05) is 13.0 Å². The number of hydrogen-bond acceptors (Lipinski definition) is 4. The Morgan fingerprint density at radius 3 is 2.82 bits per heavy atom. The van der Waals surface area contributed by atoms with E-state index in [2.05, 4.69) is 15.4 Å². The monoisotopic (exact) mass is 300 g/mol. The third kappa shape index (κ3) is 1.94. The summed E-state index contributed by atoms with van der Waals surface area (Å²) in [4.78, 5) is 16.8. The van der Waals surface area contributed by atoms with Crippen LogP contribution in [0.1, 0.15) is 48.2 Å². The number of nitrogens with zero attached hydrogens (tertiary/aromatic N) is 3. The molecule has 0 bridgehead atoms. The predicted molar refractivity (Wildman–Crippen MR) is 80.5 cm³/mol. The van der Waals surface area contributed by atoms with Gasteiger partial charge in [-0.3, -0.25) is 4.79 Å². The number of aliphatic hydroxyl groups is 1. The summed E-state index contributed by atoms with van der Waals surface area (Å²) >= 11 is 0. The fourth-order valence-corrected chi connectivity index (χ4v) is 3.46. The number of rotatable bonds is 4. The van der Waals surface area contributed by atoms with Gasteiger partial charge in [-0.25, -0.2) is 9.50 Å². The molecule has 6 heteroatoms. The fraction of sp³-hybridized carbons (Fsp3) is 0.562. The van der Waals surface area contributed by atoms with Crippen LogP contribution in [0.25, 0.3) is 5.65 Å². The van der Waals surface area contributed by atoms with Crippen LogP contribution in [-0.4, -0.2) is 37.8 Å². The lowest BCUT2D eigenvalue weighted by Gasteiger charge is -2.44. The molecule has 2 saturated carbocycles. The Labute approximate surface area is 128 Å².